The molecule has 1 rings (SSSR count). The fourth-order valence-corrected chi connectivity index (χ4v) is 2.70. The van der Waals surface area contributed by atoms with Gasteiger partial charge >= 0.3 is 0 Å². The summed E-state index contributed by atoms with van der Waals surface area (Å²) in [6.07, 6.45) is 0.641. The first-order valence-electron chi connectivity index (χ1n) is 5.61. The Morgan fingerprint density at radius 1 is 1.56 bits per heavy atom. The van der Waals surface area contributed by atoms with Gasteiger partial charge in [-0.05, 0) is 6.54 Å². The van der Waals surface area contributed by atoms with Crippen LogP contribution in [0.3, 0.4) is 0 Å². The molecular formula is C10H17N3O3S2. The average Bonchev–Trinajstić information content (AvgIpc) is 2.78. The summed E-state index contributed by atoms with van der Waals surface area (Å²) in [7, 11) is -3.05. The zero-order valence-electron chi connectivity index (χ0n) is 10.2. The Morgan fingerprint density at radius 3 is 2.89 bits per heavy atom. The standard InChI is InChI=1S/C10H17N3O3S2/c1-2-18(15,16)6-5-12-10(14)8-7-17-9(13-8)3-4-11/h7H,2-6,11H2,1H3,(H,12,14). The number of rotatable bonds is 7. The third kappa shape index (κ3) is 4.71. The zero-order valence-corrected chi connectivity index (χ0v) is 11.8. The van der Waals surface area contributed by atoms with Crippen LogP contribution in [-0.2, 0) is 16.3 Å². The van der Waals surface area contributed by atoms with Gasteiger partial charge in [-0.1, -0.05) is 6.92 Å². The second-order valence-electron chi connectivity index (χ2n) is 3.66. The van der Waals surface area contributed by atoms with E-state index in [0.717, 1.165) is 5.01 Å². The van der Waals surface area contributed by atoms with Gasteiger partial charge in [0.2, 0.25) is 0 Å². The van der Waals surface area contributed by atoms with Crippen molar-refractivity contribution in [3.63, 3.8) is 0 Å². The molecule has 0 atom stereocenters. The van der Waals surface area contributed by atoms with Gasteiger partial charge in [0.25, 0.3) is 5.91 Å². The molecule has 0 radical (unpaired) electrons. The fraction of sp³-hybridized carbons (Fsp3) is 0.600. The number of hydrogen-bond donors (Lipinski definition) is 2. The van der Waals surface area contributed by atoms with Crippen LogP contribution < -0.4 is 11.1 Å². The highest BCUT2D eigenvalue weighted by Gasteiger charge is 2.12. The lowest BCUT2D eigenvalue weighted by Crippen LogP contribution is -2.29. The van der Waals surface area contributed by atoms with E-state index >= 15 is 0 Å². The van der Waals surface area contributed by atoms with E-state index in [2.05, 4.69) is 10.3 Å². The van der Waals surface area contributed by atoms with E-state index in [9.17, 15) is 13.2 Å². The van der Waals surface area contributed by atoms with Crippen LogP contribution in [0, 0.1) is 0 Å². The first-order valence-corrected chi connectivity index (χ1v) is 8.31. The number of nitrogens with two attached hydrogens (primary N) is 1. The van der Waals surface area contributed by atoms with Crippen molar-refractivity contribution >= 4 is 27.1 Å². The number of nitrogens with one attached hydrogen (secondary N) is 1. The molecular weight excluding hydrogens is 274 g/mol. The predicted octanol–water partition coefficient (Wildman–Crippen LogP) is -0.191. The molecule has 0 saturated carbocycles. The first-order chi connectivity index (χ1) is 8.48. The van der Waals surface area contributed by atoms with E-state index in [1.807, 2.05) is 0 Å². The SMILES string of the molecule is CCS(=O)(=O)CCNC(=O)c1csc(CCN)n1. The Labute approximate surface area is 111 Å². The molecule has 0 aliphatic carbocycles. The molecule has 0 saturated heterocycles. The minimum Gasteiger partial charge on any atom is -0.350 e. The first kappa shape index (κ1) is 15.1. The quantitative estimate of drug-likeness (QED) is 0.725. The van der Waals surface area contributed by atoms with E-state index < -0.39 is 9.84 Å². The van der Waals surface area contributed by atoms with E-state index in [4.69, 9.17) is 5.73 Å². The molecule has 0 aliphatic rings. The molecule has 0 fully saturated rings. The number of amides is 1. The van der Waals surface area contributed by atoms with Crippen molar-refractivity contribution in [1.82, 2.24) is 10.3 Å². The van der Waals surface area contributed by atoms with Gasteiger partial charge < -0.3 is 11.1 Å². The lowest BCUT2D eigenvalue weighted by Gasteiger charge is -2.03. The highest BCUT2D eigenvalue weighted by atomic mass is 32.2. The van der Waals surface area contributed by atoms with Crippen LogP contribution in [0.1, 0.15) is 22.4 Å². The summed E-state index contributed by atoms with van der Waals surface area (Å²) >= 11 is 1.38. The molecule has 3 N–H and O–H groups in total. The molecule has 6 nitrogen and oxygen atoms in total. The second-order valence-corrected chi connectivity index (χ2v) is 7.07. The van der Waals surface area contributed by atoms with Crippen molar-refractivity contribution in [3.05, 3.63) is 16.1 Å². The molecule has 0 aromatic carbocycles. The number of sulfone groups is 1. The normalized spacial score (nSPS) is 11.4. The summed E-state index contributed by atoms with van der Waals surface area (Å²) in [6.45, 7) is 2.18. The summed E-state index contributed by atoms with van der Waals surface area (Å²) in [6, 6.07) is 0. The van der Waals surface area contributed by atoms with Gasteiger partial charge in [-0.25, -0.2) is 13.4 Å². The predicted molar refractivity (Wildman–Crippen MR) is 71.5 cm³/mol. The van der Waals surface area contributed by atoms with Crippen molar-refractivity contribution in [2.45, 2.75) is 13.3 Å². The Balaban J connectivity index is 2.45. The van der Waals surface area contributed by atoms with Crippen molar-refractivity contribution in [2.24, 2.45) is 5.73 Å². The van der Waals surface area contributed by atoms with Gasteiger partial charge in [-0.15, -0.1) is 11.3 Å². The van der Waals surface area contributed by atoms with Crippen LogP contribution >= 0.6 is 11.3 Å². The smallest absolute Gasteiger partial charge is 0.270 e. The molecule has 1 aromatic rings. The fourth-order valence-electron chi connectivity index (χ4n) is 1.21. The van der Waals surface area contributed by atoms with Crippen LogP contribution in [0.4, 0.5) is 0 Å². The monoisotopic (exact) mass is 291 g/mol. The maximum Gasteiger partial charge on any atom is 0.270 e. The van der Waals surface area contributed by atoms with Crippen molar-refractivity contribution < 1.29 is 13.2 Å². The summed E-state index contributed by atoms with van der Waals surface area (Å²) in [5, 5.41) is 5.00. The van der Waals surface area contributed by atoms with Gasteiger partial charge in [0.05, 0.1) is 10.8 Å². The van der Waals surface area contributed by atoms with Crippen LogP contribution in [0.25, 0.3) is 0 Å². The van der Waals surface area contributed by atoms with Crippen molar-refractivity contribution in [3.8, 4) is 0 Å². The number of nitrogens with zero attached hydrogens (tertiary/aromatic N) is 1. The number of carbonyl (C=O) groups is 1. The summed E-state index contributed by atoms with van der Waals surface area (Å²) in [5.41, 5.74) is 5.71. The highest BCUT2D eigenvalue weighted by molar-refractivity contribution is 7.91. The topological polar surface area (TPSA) is 102 Å². The Kier molecular flexibility index (Phi) is 5.70. The summed E-state index contributed by atoms with van der Waals surface area (Å²) in [4.78, 5) is 15.8. The van der Waals surface area contributed by atoms with Crippen LogP contribution in [0.2, 0.25) is 0 Å². The molecule has 0 aliphatic heterocycles. The van der Waals surface area contributed by atoms with Gasteiger partial charge in [0, 0.05) is 24.1 Å². The zero-order chi connectivity index (χ0) is 13.6. The molecule has 0 unspecified atom stereocenters. The summed E-state index contributed by atoms with van der Waals surface area (Å²) in [5.74, 6) is -0.310. The lowest BCUT2D eigenvalue weighted by molar-refractivity contribution is 0.0951. The van der Waals surface area contributed by atoms with Gasteiger partial charge in [0.1, 0.15) is 5.69 Å². The molecule has 1 aromatic heterocycles. The number of carbonyl (C=O) groups excluding carboxylic acids is 1. The van der Waals surface area contributed by atoms with E-state index in [0.29, 0.717) is 18.7 Å². The Morgan fingerprint density at radius 2 is 2.28 bits per heavy atom. The molecule has 8 heteroatoms. The number of hydrogen-bond acceptors (Lipinski definition) is 6. The second kappa shape index (κ2) is 6.81. The van der Waals surface area contributed by atoms with E-state index in [1.165, 1.54) is 11.3 Å². The van der Waals surface area contributed by atoms with Crippen molar-refractivity contribution in [1.29, 1.82) is 0 Å². The number of thiazole rings is 1. The molecule has 0 bridgehead atoms. The van der Waals surface area contributed by atoms with E-state index in [1.54, 1.807) is 12.3 Å². The minimum atomic E-state index is -3.05. The van der Waals surface area contributed by atoms with Gasteiger partial charge in [-0.3, -0.25) is 4.79 Å². The largest absolute Gasteiger partial charge is 0.350 e. The molecule has 18 heavy (non-hydrogen) atoms. The number of aromatic nitrogens is 1. The molecule has 1 heterocycles. The van der Waals surface area contributed by atoms with Crippen LogP contribution in [0.5, 0.6) is 0 Å². The summed E-state index contributed by atoms with van der Waals surface area (Å²) < 4.78 is 22.5. The Bertz CT molecular complexity index is 496. The average molecular weight is 291 g/mol. The maximum atomic E-state index is 11.6. The van der Waals surface area contributed by atoms with Gasteiger partial charge in [0.15, 0.2) is 9.84 Å². The molecule has 0 spiro atoms. The maximum absolute atomic E-state index is 11.6. The van der Waals surface area contributed by atoms with Crippen LogP contribution in [0.15, 0.2) is 5.38 Å². The molecule has 102 valence electrons. The van der Waals surface area contributed by atoms with Gasteiger partial charge in [-0.2, -0.15) is 0 Å². The lowest BCUT2D eigenvalue weighted by atomic mass is 10.4. The highest BCUT2D eigenvalue weighted by Crippen LogP contribution is 2.09. The molecule has 1 amide bonds. The third-order valence-electron chi connectivity index (χ3n) is 2.28. The van der Waals surface area contributed by atoms with Crippen molar-refractivity contribution in [2.75, 3.05) is 24.6 Å². The van der Waals surface area contributed by atoms with E-state index in [-0.39, 0.29) is 24.0 Å². The third-order valence-corrected chi connectivity index (χ3v) is 4.90. The Hall–Kier alpha value is -0.990. The van der Waals surface area contributed by atoms with Crippen LogP contribution in [-0.4, -0.2) is 43.9 Å². The minimum absolute atomic E-state index is 0.0466.